The summed E-state index contributed by atoms with van der Waals surface area (Å²) in [5, 5.41) is 4.04. The zero-order chi connectivity index (χ0) is 16.6. The SMILES string of the molecule is CC1CN(C(=O)/C=C/c2cc3ccsc3c(Cl)c2Cl)CCC1N. The summed E-state index contributed by atoms with van der Waals surface area (Å²) in [5.41, 5.74) is 6.76. The molecule has 0 bridgehead atoms. The van der Waals surface area contributed by atoms with E-state index in [-0.39, 0.29) is 11.9 Å². The Labute approximate surface area is 149 Å². The van der Waals surface area contributed by atoms with Crippen LogP contribution in [0.5, 0.6) is 0 Å². The minimum atomic E-state index is -0.0126. The van der Waals surface area contributed by atoms with Gasteiger partial charge in [-0.15, -0.1) is 11.3 Å². The van der Waals surface area contributed by atoms with Crippen molar-refractivity contribution >= 4 is 56.6 Å². The molecule has 1 aromatic heterocycles. The van der Waals surface area contributed by atoms with Gasteiger partial charge in [0, 0.05) is 25.2 Å². The van der Waals surface area contributed by atoms with E-state index in [0.29, 0.717) is 29.1 Å². The molecule has 122 valence electrons. The molecular formula is C17H18Cl2N2OS. The van der Waals surface area contributed by atoms with Crippen LogP contribution in [-0.2, 0) is 4.79 Å². The normalized spacial score (nSPS) is 22.2. The first-order chi connectivity index (χ1) is 11.0. The summed E-state index contributed by atoms with van der Waals surface area (Å²) in [5.74, 6) is 0.308. The van der Waals surface area contributed by atoms with Crippen LogP contribution in [-0.4, -0.2) is 29.9 Å². The van der Waals surface area contributed by atoms with Crippen LogP contribution in [0, 0.1) is 5.92 Å². The Kier molecular flexibility index (Phi) is 4.97. The van der Waals surface area contributed by atoms with Crippen molar-refractivity contribution in [3.05, 3.63) is 39.2 Å². The van der Waals surface area contributed by atoms with Gasteiger partial charge in [0.25, 0.3) is 0 Å². The molecular weight excluding hydrogens is 351 g/mol. The molecule has 0 radical (unpaired) electrons. The monoisotopic (exact) mass is 368 g/mol. The number of thiophene rings is 1. The fourth-order valence-electron chi connectivity index (χ4n) is 2.82. The number of hydrogen-bond acceptors (Lipinski definition) is 3. The largest absolute Gasteiger partial charge is 0.339 e. The van der Waals surface area contributed by atoms with Crippen LogP contribution in [0.4, 0.5) is 0 Å². The van der Waals surface area contributed by atoms with Crippen molar-refractivity contribution in [3.63, 3.8) is 0 Å². The van der Waals surface area contributed by atoms with Gasteiger partial charge < -0.3 is 10.6 Å². The number of piperidine rings is 1. The Morgan fingerprint density at radius 3 is 2.96 bits per heavy atom. The van der Waals surface area contributed by atoms with E-state index < -0.39 is 0 Å². The number of benzene rings is 1. The Morgan fingerprint density at radius 1 is 1.43 bits per heavy atom. The second kappa shape index (κ2) is 6.81. The second-order valence-electron chi connectivity index (χ2n) is 5.98. The number of carbonyl (C=O) groups is 1. The third-order valence-electron chi connectivity index (χ3n) is 4.34. The fourth-order valence-corrected chi connectivity index (χ4v) is 4.26. The van der Waals surface area contributed by atoms with Crippen molar-refractivity contribution in [1.29, 1.82) is 0 Å². The number of likely N-dealkylation sites (tertiary alicyclic amines) is 1. The van der Waals surface area contributed by atoms with Crippen molar-refractivity contribution in [2.45, 2.75) is 19.4 Å². The summed E-state index contributed by atoms with van der Waals surface area (Å²) in [7, 11) is 0. The number of halogens is 2. The molecule has 1 amide bonds. The molecule has 2 aromatic rings. The highest BCUT2D eigenvalue weighted by atomic mass is 35.5. The van der Waals surface area contributed by atoms with Gasteiger partial charge in [-0.25, -0.2) is 0 Å². The number of fused-ring (bicyclic) bond motifs is 1. The molecule has 2 unspecified atom stereocenters. The third kappa shape index (κ3) is 3.41. The molecule has 1 fully saturated rings. The molecule has 2 N–H and O–H groups in total. The Bertz CT molecular complexity index is 771. The van der Waals surface area contributed by atoms with Gasteiger partial charge in [-0.3, -0.25) is 4.79 Å². The highest BCUT2D eigenvalue weighted by Crippen LogP contribution is 2.37. The summed E-state index contributed by atoms with van der Waals surface area (Å²) >= 11 is 14.2. The standard InChI is InChI=1S/C17H18Cl2N2OS/c1-10-9-21(6-4-13(10)20)14(22)3-2-11-8-12-5-7-23-17(12)16(19)15(11)18/h2-3,5,7-8,10,13H,4,6,9,20H2,1H3/b3-2+. The quantitative estimate of drug-likeness (QED) is 0.797. The van der Waals surface area contributed by atoms with Crippen molar-refractivity contribution in [3.8, 4) is 0 Å². The lowest BCUT2D eigenvalue weighted by molar-refractivity contribution is -0.127. The van der Waals surface area contributed by atoms with E-state index in [2.05, 4.69) is 6.92 Å². The van der Waals surface area contributed by atoms with Crippen molar-refractivity contribution in [2.75, 3.05) is 13.1 Å². The summed E-state index contributed by atoms with van der Waals surface area (Å²) in [6, 6.07) is 4.13. The van der Waals surface area contributed by atoms with Gasteiger partial charge in [0.15, 0.2) is 0 Å². The number of nitrogens with two attached hydrogens (primary N) is 1. The van der Waals surface area contributed by atoms with E-state index >= 15 is 0 Å². The van der Waals surface area contributed by atoms with Crippen molar-refractivity contribution in [2.24, 2.45) is 11.7 Å². The van der Waals surface area contributed by atoms with Crippen LogP contribution in [0.1, 0.15) is 18.9 Å². The minimum Gasteiger partial charge on any atom is -0.339 e. The van der Waals surface area contributed by atoms with E-state index in [9.17, 15) is 4.79 Å². The van der Waals surface area contributed by atoms with Gasteiger partial charge in [-0.2, -0.15) is 0 Å². The Balaban J connectivity index is 1.80. The number of hydrogen-bond donors (Lipinski definition) is 1. The zero-order valence-corrected chi connectivity index (χ0v) is 15.1. The maximum atomic E-state index is 12.4. The summed E-state index contributed by atoms with van der Waals surface area (Å²) < 4.78 is 0.971. The maximum absolute atomic E-state index is 12.4. The predicted octanol–water partition coefficient (Wildman–Crippen LogP) is 4.42. The van der Waals surface area contributed by atoms with E-state index in [1.807, 2.05) is 22.4 Å². The first-order valence-corrected chi connectivity index (χ1v) is 9.18. The maximum Gasteiger partial charge on any atom is 0.246 e. The molecule has 2 atom stereocenters. The Hall–Kier alpha value is -1.07. The number of rotatable bonds is 2. The number of carbonyl (C=O) groups excluding carboxylic acids is 1. The van der Waals surface area contributed by atoms with Crippen molar-refractivity contribution in [1.82, 2.24) is 4.90 Å². The average molecular weight is 369 g/mol. The van der Waals surface area contributed by atoms with E-state index in [1.54, 1.807) is 23.5 Å². The zero-order valence-electron chi connectivity index (χ0n) is 12.8. The topological polar surface area (TPSA) is 46.3 Å². The molecule has 1 aromatic carbocycles. The van der Waals surface area contributed by atoms with Crippen LogP contribution in [0.25, 0.3) is 16.2 Å². The van der Waals surface area contributed by atoms with E-state index in [4.69, 9.17) is 28.9 Å². The molecule has 0 spiro atoms. The molecule has 1 saturated heterocycles. The number of nitrogens with zero attached hydrogens (tertiary/aromatic N) is 1. The second-order valence-corrected chi connectivity index (χ2v) is 7.65. The van der Waals surface area contributed by atoms with E-state index in [0.717, 1.165) is 22.1 Å². The summed E-state index contributed by atoms with van der Waals surface area (Å²) in [6.45, 7) is 3.48. The van der Waals surface area contributed by atoms with Crippen LogP contribution in [0.15, 0.2) is 23.6 Å². The number of amides is 1. The average Bonchev–Trinajstić information content (AvgIpc) is 3.00. The predicted molar refractivity (Wildman–Crippen MR) is 99.2 cm³/mol. The molecule has 0 saturated carbocycles. The highest BCUT2D eigenvalue weighted by molar-refractivity contribution is 7.18. The molecule has 3 nitrogen and oxygen atoms in total. The van der Waals surface area contributed by atoms with Crippen LogP contribution >= 0.6 is 34.5 Å². The van der Waals surface area contributed by atoms with Gasteiger partial charge in [0.1, 0.15) is 0 Å². The lowest BCUT2D eigenvalue weighted by Crippen LogP contribution is -2.47. The summed E-state index contributed by atoms with van der Waals surface area (Å²) in [4.78, 5) is 14.2. The van der Waals surface area contributed by atoms with Crippen LogP contribution in [0.2, 0.25) is 10.0 Å². The molecule has 1 aliphatic rings. The van der Waals surface area contributed by atoms with Gasteiger partial charge in [-0.1, -0.05) is 30.1 Å². The third-order valence-corrected chi connectivity index (χ3v) is 6.28. The summed E-state index contributed by atoms with van der Waals surface area (Å²) in [6.07, 6.45) is 4.15. The lowest BCUT2D eigenvalue weighted by Gasteiger charge is -2.34. The first-order valence-electron chi connectivity index (χ1n) is 7.55. The van der Waals surface area contributed by atoms with Gasteiger partial charge in [-0.05, 0) is 46.9 Å². The first kappa shape index (κ1) is 16.8. The van der Waals surface area contributed by atoms with Gasteiger partial charge in [0.2, 0.25) is 5.91 Å². The highest BCUT2D eigenvalue weighted by Gasteiger charge is 2.25. The smallest absolute Gasteiger partial charge is 0.246 e. The Morgan fingerprint density at radius 2 is 2.22 bits per heavy atom. The van der Waals surface area contributed by atoms with Gasteiger partial charge in [0.05, 0.1) is 14.7 Å². The van der Waals surface area contributed by atoms with Crippen LogP contribution < -0.4 is 5.73 Å². The lowest BCUT2D eigenvalue weighted by atomic mass is 9.95. The molecule has 3 rings (SSSR count). The molecule has 1 aliphatic heterocycles. The minimum absolute atomic E-state index is 0.0126. The van der Waals surface area contributed by atoms with Gasteiger partial charge >= 0.3 is 0 Å². The van der Waals surface area contributed by atoms with Crippen LogP contribution in [0.3, 0.4) is 0 Å². The molecule has 2 heterocycles. The molecule has 6 heteroatoms. The van der Waals surface area contributed by atoms with Crippen molar-refractivity contribution < 1.29 is 4.79 Å². The molecule has 23 heavy (non-hydrogen) atoms. The fraction of sp³-hybridized carbons (Fsp3) is 0.353. The molecule has 0 aliphatic carbocycles. The van der Waals surface area contributed by atoms with E-state index in [1.165, 1.54) is 0 Å².